The maximum absolute atomic E-state index is 13.0. The Morgan fingerprint density at radius 3 is 2.26 bits per heavy atom. The van der Waals surface area contributed by atoms with Crippen LogP contribution in [0.4, 0.5) is 5.69 Å². The first kappa shape index (κ1) is 30.7. The van der Waals surface area contributed by atoms with E-state index in [0.29, 0.717) is 24.6 Å². The SMILES string of the molecule is CN(C)c1cccc2c(S(=O)(=O)NCCCCCC(=O)NC(CCC(N)=O)C(=O)CCC(=O)O)cccc12. The third-order valence-electron chi connectivity index (χ3n) is 5.99. The smallest absolute Gasteiger partial charge is 0.303 e. The van der Waals surface area contributed by atoms with Gasteiger partial charge in [-0.3, -0.25) is 19.2 Å². The van der Waals surface area contributed by atoms with E-state index in [-0.39, 0.29) is 43.5 Å². The van der Waals surface area contributed by atoms with Gasteiger partial charge in [0.05, 0.1) is 17.4 Å². The third-order valence-corrected chi connectivity index (χ3v) is 7.51. The van der Waals surface area contributed by atoms with Gasteiger partial charge in [-0.25, -0.2) is 13.1 Å². The van der Waals surface area contributed by atoms with Crippen molar-refractivity contribution in [1.29, 1.82) is 0 Å². The minimum atomic E-state index is -3.75. The number of amides is 2. The number of carboxylic acid groups (broad SMARTS) is 1. The molecule has 0 spiro atoms. The van der Waals surface area contributed by atoms with Gasteiger partial charge in [0.15, 0.2) is 5.78 Å². The Morgan fingerprint density at radius 1 is 0.921 bits per heavy atom. The lowest BCUT2D eigenvalue weighted by Crippen LogP contribution is -2.41. The molecule has 0 aliphatic carbocycles. The number of rotatable bonds is 17. The van der Waals surface area contributed by atoms with E-state index in [1.807, 2.05) is 37.2 Å². The van der Waals surface area contributed by atoms with Gasteiger partial charge in [-0.15, -0.1) is 0 Å². The molecule has 0 saturated carbocycles. The molecule has 1 atom stereocenters. The zero-order valence-corrected chi connectivity index (χ0v) is 22.6. The Hall–Kier alpha value is -3.51. The van der Waals surface area contributed by atoms with E-state index in [4.69, 9.17) is 10.8 Å². The minimum Gasteiger partial charge on any atom is -0.481 e. The number of carbonyl (C=O) groups excluding carboxylic acids is 3. The van der Waals surface area contributed by atoms with Gasteiger partial charge in [0.1, 0.15) is 0 Å². The average Bonchev–Trinajstić information content (AvgIpc) is 2.86. The van der Waals surface area contributed by atoms with E-state index >= 15 is 0 Å². The number of anilines is 1. The maximum atomic E-state index is 13.0. The molecule has 2 rings (SSSR count). The number of ketones is 1. The number of nitrogens with two attached hydrogens (primary N) is 1. The summed E-state index contributed by atoms with van der Waals surface area (Å²) in [6.45, 7) is 0.197. The summed E-state index contributed by atoms with van der Waals surface area (Å²) in [6.07, 6.45) is 0.892. The molecule has 2 aromatic carbocycles. The number of fused-ring (bicyclic) bond motifs is 1. The Kier molecular flexibility index (Phi) is 11.7. The number of nitrogens with one attached hydrogen (secondary N) is 2. The quantitative estimate of drug-likeness (QED) is 0.217. The van der Waals surface area contributed by atoms with Gasteiger partial charge in [0.25, 0.3) is 0 Å². The van der Waals surface area contributed by atoms with E-state index in [0.717, 1.165) is 11.1 Å². The highest BCUT2D eigenvalue weighted by Gasteiger charge is 2.22. The fourth-order valence-corrected chi connectivity index (χ4v) is 5.33. The molecule has 0 bridgehead atoms. The van der Waals surface area contributed by atoms with Crippen molar-refractivity contribution in [3.05, 3.63) is 36.4 Å². The number of carbonyl (C=O) groups is 4. The van der Waals surface area contributed by atoms with Gasteiger partial charge in [0.2, 0.25) is 21.8 Å². The van der Waals surface area contributed by atoms with Crippen LogP contribution in [0.25, 0.3) is 10.8 Å². The Bertz CT molecular complexity index is 1260. The fraction of sp³-hybridized carbons (Fsp3) is 0.462. The summed E-state index contributed by atoms with van der Waals surface area (Å²) in [4.78, 5) is 48.5. The van der Waals surface area contributed by atoms with E-state index in [2.05, 4.69) is 10.0 Å². The van der Waals surface area contributed by atoms with Crippen LogP contribution in [0.2, 0.25) is 0 Å². The number of unbranched alkanes of at least 4 members (excludes halogenated alkanes) is 2. The van der Waals surface area contributed by atoms with Crippen molar-refractivity contribution in [2.75, 3.05) is 25.5 Å². The van der Waals surface area contributed by atoms with Gasteiger partial charge in [-0.2, -0.15) is 0 Å². The summed E-state index contributed by atoms with van der Waals surface area (Å²) in [5.41, 5.74) is 6.04. The average molecular weight is 549 g/mol. The molecule has 1 unspecified atom stereocenters. The summed E-state index contributed by atoms with van der Waals surface area (Å²) in [5.74, 6) is -2.63. The van der Waals surface area contributed by atoms with E-state index < -0.39 is 39.6 Å². The van der Waals surface area contributed by atoms with Crippen molar-refractivity contribution >= 4 is 50.1 Å². The summed E-state index contributed by atoms with van der Waals surface area (Å²) < 4.78 is 28.6. The lowest BCUT2D eigenvalue weighted by atomic mass is 10.0. The molecular formula is C26H36N4O7S. The van der Waals surface area contributed by atoms with E-state index in [9.17, 15) is 27.6 Å². The number of hydrogen-bond donors (Lipinski definition) is 4. The first-order valence-corrected chi connectivity index (χ1v) is 13.9. The highest BCUT2D eigenvalue weighted by molar-refractivity contribution is 7.89. The minimum absolute atomic E-state index is 0.00547. The largest absolute Gasteiger partial charge is 0.481 e. The summed E-state index contributed by atoms with van der Waals surface area (Å²) in [5, 5.41) is 12.8. The van der Waals surface area contributed by atoms with Crippen molar-refractivity contribution in [3.8, 4) is 0 Å². The first-order chi connectivity index (χ1) is 17.9. The van der Waals surface area contributed by atoms with Gasteiger partial charge < -0.3 is 21.1 Å². The molecule has 5 N–H and O–H groups in total. The number of sulfonamides is 1. The van der Waals surface area contributed by atoms with Crippen molar-refractivity contribution < 1.29 is 32.7 Å². The molecule has 0 saturated heterocycles. The predicted molar refractivity (Wildman–Crippen MR) is 144 cm³/mol. The van der Waals surface area contributed by atoms with Crippen LogP contribution >= 0.6 is 0 Å². The van der Waals surface area contributed by atoms with Crippen molar-refractivity contribution in [2.24, 2.45) is 5.73 Å². The Morgan fingerprint density at radius 2 is 1.61 bits per heavy atom. The number of Topliss-reactive ketones (excluding diaryl/α,β-unsaturated/α-hetero) is 1. The molecular weight excluding hydrogens is 512 g/mol. The highest BCUT2D eigenvalue weighted by atomic mass is 32.2. The molecule has 0 fully saturated rings. The first-order valence-electron chi connectivity index (χ1n) is 12.4. The second-order valence-electron chi connectivity index (χ2n) is 9.22. The Labute approximate surface area is 222 Å². The number of carboxylic acids is 1. The predicted octanol–water partition coefficient (Wildman–Crippen LogP) is 1.93. The number of nitrogens with zero attached hydrogens (tertiary/aromatic N) is 1. The van der Waals surface area contributed by atoms with Crippen LogP contribution in [0.5, 0.6) is 0 Å². The second kappa shape index (κ2) is 14.4. The fourth-order valence-electron chi connectivity index (χ4n) is 4.03. The molecule has 0 heterocycles. The molecule has 38 heavy (non-hydrogen) atoms. The van der Waals surface area contributed by atoms with Crippen molar-refractivity contribution in [2.45, 2.75) is 62.3 Å². The van der Waals surface area contributed by atoms with Crippen LogP contribution in [0.15, 0.2) is 41.3 Å². The molecule has 2 aromatic rings. The van der Waals surface area contributed by atoms with Gasteiger partial charge >= 0.3 is 5.97 Å². The van der Waals surface area contributed by atoms with Crippen molar-refractivity contribution in [1.82, 2.24) is 10.0 Å². The van der Waals surface area contributed by atoms with Crippen LogP contribution in [-0.2, 0) is 29.2 Å². The summed E-state index contributed by atoms with van der Waals surface area (Å²) in [6, 6.07) is 9.71. The van der Waals surface area contributed by atoms with Crippen LogP contribution in [0.1, 0.15) is 51.4 Å². The van der Waals surface area contributed by atoms with E-state index in [1.54, 1.807) is 18.2 Å². The molecule has 208 valence electrons. The third kappa shape index (κ3) is 9.42. The van der Waals surface area contributed by atoms with Gasteiger partial charge in [-0.1, -0.05) is 30.7 Å². The molecule has 11 nitrogen and oxygen atoms in total. The number of hydrogen-bond acceptors (Lipinski definition) is 7. The molecule has 0 aliphatic rings. The lowest BCUT2D eigenvalue weighted by Gasteiger charge is -2.17. The van der Waals surface area contributed by atoms with Crippen LogP contribution in [-0.4, -0.2) is 63.8 Å². The van der Waals surface area contributed by atoms with Crippen LogP contribution in [0.3, 0.4) is 0 Å². The molecule has 0 aromatic heterocycles. The number of aliphatic carboxylic acids is 1. The van der Waals surface area contributed by atoms with Gasteiger partial charge in [0, 0.05) is 56.4 Å². The zero-order valence-electron chi connectivity index (χ0n) is 21.7. The summed E-state index contributed by atoms with van der Waals surface area (Å²) >= 11 is 0. The maximum Gasteiger partial charge on any atom is 0.303 e. The zero-order chi connectivity index (χ0) is 28.3. The van der Waals surface area contributed by atoms with Crippen LogP contribution in [0, 0.1) is 0 Å². The van der Waals surface area contributed by atoms with Gasteiger partial charge in [-0.05, 0) is 31.4 Å². The lowest BCUT2D eigenvalue weighted by molar-refractivity contribution is -0.139. The molecule has 0 radical (unpaired) electrons. The monoisotopic (exact) mass is 548 g/mol. The van der Waals surface area contributed by atoms with E-state index in [1.165, 1.54) is 0 Å². The molecule has 2 amide bonds. The number of primary amides is 1. The summed E-state index contributed by atoms with van der Waals surface area (Å²) in [7, 11) is 0.0436. The normalized spacial score (nSPS) is 12.2. The topological polar surface area (TPSA) is 176 Å². The van der Waals surface area contributed by atoms with Crippen molar-refractivity contribution in [3.63, 3.8) is 0 Å². The standard InChI is InChI=1S/C26H36N4O7S/c1-30(2)21-10-6-9-19-18(21)8-7-11-23(19)38(36,37)28-17-5-3-4-12-25(33)29-20(13-15-24(27)32)22(31)14-16-26(34)35/h6-11,20,28H,3-5,12-17H2,1-2H3,(H2,27,32)(H,29,33)(H,34,35). The molecule has 0 aliphatic heterocycles. The number of benzene rings is 2. The molecule has 12 heteroatoms. The van der Waals surface area contributed by atoms with Crippen LogP contribution < -0.4 is 20.7 Å². The Balaban J connectivity index is 1.84. The highest BCUT2D eigenvalue weighted by Crippen LogP contribution is 2.30. The second-order valence-corrected chi connectivity index (χ2v) is 11.0.